The summed E-state index contributed by atoms with van der Waals surface area (Å²) in [5, 5.41) is 9.92. The van der Waals surface area contributed by atoms with Crippen LogP contribution in [0.4, 0.5) is 5.69 Å². The van der Waals surface area contributed by atoms with Crippen molar-refractivity contribution in [3.8, 4) is 0 Å². The molecule has 92 valence electrons. The van der Waals surface area contributed by atoms with Gasteiger partial charge in [-0.25, -0.2) is 0 Å². The maximum Gasteiger partial charge on any atom is 0.0598 e. The summed E-state index contributed by atoms with van der Waals surface area (Å²) < 4.78 is 0. The van der Waals surface area contributed by atoms with E-state index in [4.69, 9.17) is 5.73 Å². The SMILES string of the molecule is NCc1ccncc1N1CC2CCC(O)C2C1. The first-order chi connectivity index (χ1) is 8.29. The summed E-state index contributed by atoms with van der Waals surface area (Å²) in [5.74, 6) is 1.09. The number of pyridine rings is 1. The molecule has 1 aromatic rings. The van der Waals surface area contributed by atoms with Gasteiger partial charge in [-0.15, -0.1) is 0 Å². The molecule has 0 spiro atoms. The molecule has 0 radical (unpaired) electrons. The zero-order chi connectivity index (χ0) is 11.8. The molecule has 0 bridgehead atoms. The van der Waals surface area contributed by atoms with Gasteiger partial charge >= 0.3 is 0 Å². The van der Waals surface area contributed by atoms with Gasteiger partial charge in [-0.2, -0.15) is 0 Å². The topological polar surface area (TPSA) is 62.4 Å². The quantitative estimate of drug-likeness (QED) is 0.791. The molecule has 2 fully saturated rings. The lowest BCUT2D eigenvalue weighted by Crippen LogP contribution is -2.25. The molecular formula is C13H19N3O. The molecule has 3 rings (SSSR count). The molecule has 3 N–H and O–H groups in total. The first-order valence-electron chi connectivity index (χ1n) is 6.35. The van der Waals surface area contributed by atoms with Crippen LogP contribution in [0.25, 0.3) is 0 Å². The van der Waals surface area contributed by atoms with Gasteiger partial charge in [-0.1, -0.05) is 0 Å². The van der Waals surface area contributed by atoms with Crippen LogP contribution in [0.1, 0.15) is 18.4 Å². The number of hydrogen-bond donors (Lipinski definition) is 2. The fourth-order valence-electron chi connectivity index (χ4n) is 3.31. The number of nitrogens with zero attached hydrogens (tertiary/aromatic N) is 2. The Bertz CT molecular complexity index is 409. The fourth-order valence-corrected chi connectivity index (χ4v) is 3.31. The predicted octanol–water partition coefficient (Wildman–Crippen LogP) is 0.747. The molecule has 4 nitrogen and oxygen atoms in total. The maximum atomic E-state index is 9.92. The molecule has 2 heterocycles. The number of aliphatic hydroxyl groups is 1. The second-order valence-corrected chi connectivity index (χ2v) is 5.18. The highest BCUT2D eigenvalue weighted by Gasteiger charge is 2.42. The lowest BCUT2D eigenvalue weighted by molar-refractivity contribution is 0.133. The molecule has 1 saturated carbocycles. The zero-order valence-corrected chi connectivity index (χ0v) is 9.92. The molecule has 3 atom stereocenters. The van der Waals surface area contributed by atoms with E-state index in [0.29, 0.717) is 18.4 Å². The van der Waals surface area contributed by atoms with Gasteiger partial charge in [-0.3, -0.25) is 4.98 Å². The van der Waals surface area contributed by atoms with Crippen molar-refractivity contribution in [3.05, 3.63) is 24.0 Å². The van der Waals surface area contributed by atoms with Gasteiger partial charge < -0.3 is 15.7 Å². The van der Waals surface area contributed by atoms with Crippen LogP contribution in [-0.4, -0.2) is 29.3 Å². The maximum absolute atomic E-state index is 9.92. The Morgan fingerprint density at radius 1 is 1.41 bits per heavy atom. The summed E-state index contributed by atoms with van der Waals surface area (Å²) in [7, 11) is 0. The van der Waals surface area contributed by atoms with Gasteiger partial charge in [0.2, 0.25) is 0 Å². The van der Waals surface area contributed by atoms with Crippen molar-refractivity contribution in [3.63, 3.8) is 0 Å². The first kappa shape index (κ1) is 11.0. The first-order valence-corrected chi connectivity index (χ1v) is 6.35. The second kappa shape index (κ2) is 4.27. The van der Waals surface area contributed by atoms with E-state index in [1.165, 1.54) is 0 Å². The van der Waals surface area contributed by atoms with E-state index in [1.54, 1.807) is 6.20 Å². The van der Waals surface area contributed by atoms with E-state index in [9.17, 15) is 5.11 Å². The summed E-state index contributed by atoms with van der Waals surface area (Å²) in [6.45, 7) is 2.54. The molecule has 1 aliphatic carbocycles. The Hall–Kier alpha value is -1.13. The van der Waals surface area contributed by atoms with Crippen molar-refractivity contribution in [2.45, 2.75) is 25.5 Å². The summed E-state index contributed by atoms with van der Waals surface area (Å²) in [5.41, 5.74) is 8.05. The van der Waals surface area contributed by atoms with Crippen molar-refractivity contribution in [2.75, 3.05) is 18.0 Å². The smallest absolute Gasteiger partial charge is 0.0598 e. The summed E-state index contributed by atoms with van der Waals surface area (Å²) >= 11 is 0. The lowest BCUT2D eigenvalue weighted by Gasteiger charge is -2.22. The molecular weight excluding hydrogens is 214 g/mol. The average Bonchev–Trinajstić information content (AvgIpc) is 2.92. The van der Waals surface area contributed by atoms with Gasteiger partial charge in [0.1, 0.15) is 0 Å². The average molecular weight is 233 g/mol. The highest BCUT2D eigenvalue weighted by atomic mass is 16.3. The number of nitrogens with two attached hydrogens (primary N) is 1. The minimum atomic E-state index is -0.108. The summed E-state index contributed by atoms with van der Waals surface area (Å²) in [6, 6.07) is 1.99. The summed E-state index contributed by atoms with van der Waals surface area (Å²) in [4.78, 5) is 6.53. The zero-order valence-electron chi connectivity index (χ0n) is 9.92. The normalized spacial score (nSPS) is 31.9. The van der Waals surface area contributed by atoms with Crippen molar-refractivity contribution in [2.24, 2.45) is 17.6 Å². The fraction of sp³-hybridized carbons (Fsp3) is 0.615. The largest absolute Gasteiger partial charge is 0.393 e. The molecule has 1 aliphatic heterocycles. The minimum Gasteiger partial charge on any atom is -0.393 e. The van der Waals surface area contributed by atoms with E-state index < -0.39 is 0 Å². The summed E-state index contributed by atoms with van der Waals surface area (Å²) in [6.07, 6.45) is 5.70. The highest BCUT2D eigenvalue weighted by Crippen LogP contribution is 2.40. The number of rotatable bonds is 2. The van der Waals surface area contributed by atoms with E-state index in [0.717, 1.165) is 37.2 Å². The standard InChI is InChI=1S/C13H19N3O/c14-5-9-3-4-15-6-12(9)16-7-10-1-2-13(17)11(10)8-16/h3-4,6,10-11,13,17H,1-2,5,7-8,14H2. The Balaban J connectivity index is 1.82. The molecule has 4 heteroatoms. The molecule has 0 amide bonds. The van der Waals surface area contributed by atoms with Gasteiger partial charge in [0.15, 0.2) is 0 Å². The van der Waals surface area contributed by atoms with E-state index in [-0.39, 0.29) is 6.10 Å². The van der Waals surface area contributed by atoms with Crippen LogP contribution in [0.3, 0.4) is 0 Å². The monoisotopic (exact) mass is 233 g/mol. The Morgan fingerprint density at radius 3 is 3.06 bits per heavy atom. The Morgan fingerprint density at radius 2 is 2.29 bits per heavy atom. The van der Waals surface area contributed by atoms with Crippen LogP contribution < -0.4 is 10.6 Å². The van der Waals surface area contributed by atoms with Crippen LogP contribution in [0.5, 0.6) is 0 Å². The van der Waals surface area contributed by atoms with Crippen LogP contribution in [0.2, 0.25) is 0 Å². The van der Waals surface area contributed by atoms with Crippen molar-refractivity contribution < 1.29 is 5.11 Å². The third kappa shape index (κ3) is 1.81. The number of aromatic nitrogens is 1. The van der Waals surface area contributed by atoms with Crippen LogP contribution in [-0.2, 0) is 6.54 Å². The molecule has 0 aromatic carbocycles. The van der Waals surface area contributed by atoms with E-state index in [1.807, 2.05) is 12.3 Å². The van der Waals surface area contributed by atoms with Crippen LogP contribution in [0, 0.1) is 11.8 Å². The van der Waals surface area contributed by atoms with Crippen LogP contribution >= 0.6 is 0 Å². The molecule has 1 saturated heterocycles. The highest BCUT2D eigenvalue weighted by molar-refractivity contribution is 5.52. The Kier molecular flexibility index (Phi) is 2.76. The van der Waals surface area contributed by atoms with Crippen LogP contribution in [0.15, 0.2) is 18.5 Å². The van der Waals surface area contributed by atoms with Gasteiger partial charge in [0.25, 0.3) is 0 Å². The van der Waals surface area contributed by atoms with Gasteiger partial charge in [0, 0.05) is 31.7 Å². The number of hydrogen-bond acceptors (Lipinski definition) is 4. The predicted molar refractivity (Wildman–Crippen MR) is 66.6 cm³/mol. The van der Waals surface area contributed by atoms with Gasteiger partial charge in [-0.05, 0) is 30.4 Å². The van der Waals surface area contributed by atoms with Crippen molar-refractivity contribution >= 4 is 5.69 Å². The van der Waals surface area contributed by atoms with Gasteiger partial charge in [0.05, 0.1) is 18.0 Å². The number of fused-ring (bicyclic) bond motifs is 1. The number of aliphatic hydroxyl groups excluding tert-OH is 1. The minimum absolute atomic E-state index is 0.108. The van der Waals surface area contributed by atoms with Crippen molar-refractivity contribution in [1.29, 1.82) is 0 Å². The molecule has 3 unspecified atom stereocenters. The third-order valence-corrected chi connectivity index (χ3v) is 4.27. The Labute approximate surface area is 101 Å². The van der Waals surface area contributed by atoms with Crippen molar-refractivity contribution in [1.82, 2.24) is 4.98 Å². The lowest BCUT2D eigenvalue weighted by atomic mass is 10.00. The molecule has 17 heavy (non-hydrogen) atoms. The number of anilines is 1. The van der Waals surface area contributed by atoms with E-state index >= 15 is 0 Å². The molecule has 1 aromatic heterocycles. The van der Waals surface area contributed by atoms with E-state index in [2.05, 4.69) is 9.88 Å². The molecule has 2 aliphatic rings. The second-order valence-electron chi connectivity index (χ2n) is 5.18. The third-order valence-electron chi connectivity index (χ3n) is 4.27.